The van der Waals surface area contributed by atoms with E-state index in [9.17, 15) is 18.4 Å². The Morgan fingerprint density at radius 2 is 1.53 bits per heavy atom. The van der Waals surface area contributed by atoms with Gasteiger partial charge < -0.3 is 15.0 Å². The lowest BCUT2D eigenvalue weighted by molar-refractivity contribution is -0.138. The highest BCUT2D eigenvalue weighted by Gasteiger charge is 2.43. The molecule has 2 amide bonds. The third-order valence-corrected chi connectivity index (χ3v) is 6.27. The van der Waals surface area contributed by atoms with Crippen molar-refractivity contribution >= 4 is 11.8 Å². The van der Waals surface area contributed by atoms with Crippen LogP contribution in [0.25, 0.3) is 0 Å². The lowest BCUT2D eigenvalue weighted by Crippen LogP contribution is -2.53. The van der Waals surface area contributed by atoms with E-state index in [1.807, 2.05) is 48.5 Å². The minimum absolute atomic E-state index is 0.0648. The number of likely N-dealkylation sites (tertiary alicyclic amines) is 1. The number of rotatable bonds is 7. The Kier molecular flexibility index (Phi) is 7.21. The summed E-state index contributed by atoms with van der Waals surface area (Å²) in [5.41, 5.74) is 0.517. The maximum Gasteiger partial charge on any atom is 0.260 e. The summed E-state index contributed by atoms with van der Waals surface area (Å²) >= 11 is 0. The molecule has 0 aromatic heterocycles. The van der Waals surface area contributed by atoms with Gasteiger partial charge in [-0.1, -0.05) is 54.6 Å². The highest BCUT2D eigenvalue weighted by Crippen LogP contribution is 2.36. The molecule has 3 aromatic carbocycles. The number of nitrogens with zero attached hydrogens (tertiary/aromatic N) is 1. The second-order valence-corrected chi connectivity index (χ2v) is 8.36. The molecule has 7 heteroatoms. The van der Waals surface area contributed by atoms with Crippen LogP contribution in [0.3, 0.4) is 0 Å². The van der Waals surface area contributed by atoms with Gasteiger partial charge in [-0.15, -0.1) is 0 Å². The van der Waals surface area contributed by atoms with E-state index in [4.69, 9.17) is 4.74 Å². The van der Waals surface area contributed by atoms with Gasteiger partial charge in [-0.25, -0.2) is 8.78 Å². The highest BCUT2D eigenvalue weighted by atomic mass is 19.2. The molecule has 0 spiro atoms. The first-order chi connectivity index (χ1) is 16.5. The summed E-state index contributed by atoms with van der Waals surface area (Å²) in [6.07, 6.45) is 0.884. The van der Waals surface area contributed by atoms with E-state index in [0.29, 0.717) is 37.2 Å². The van der Waals surface area contributed by atoms with E-state index in [0.717, 1.165) is 17.7 Å². The predicted octanol–water partition coefficient (Wildman–Crippen LogP) is 4.22. The van der Waals surface area contributed by atoms with Crippen LogP contribution in [-0.4, -0.2) is 36.4 Å². The van der Waals surface area contributed by atoms with Gasteiger partial charge in [0.15, 0.2) is 18.2 Å². The summed E-state index contributed by atoms with van der Waals surface area (Å²) in [5.74, 6) is -1.58. The minimum Gasteiger partial charge on any atom is -0.484 e. The predicted molar refractivity (Wildman–Crippen MR) is 124 cm³/mol. The first-order valence-electron chi connectivity index (χ1n) is 11.2. The van der Waals surface area contributed by atoms with Crippen molar-refractivity contribution in [3.8, 4) is 5.75 Å². The van der Waals surface area contributed by atoms with Crippen LogP contribution in [0.4, 0.5) is 8.78 Å². The molecule has 1 aliphatic rings. The van der Waals surface area contributed by atoms with E-state index in [2.05, 4.69) is 5.32 Å². The molecule has 0 bridgehead atoms. The van der Waals surface area contributed by atoms with Gasteiger partial charge in [-0.05, 0) is 48.2 Å². The number of hydrogen-bond donors (Lipinski definition) is 1. The van der Waals surface area contributed by atoms with Crippen LogP contribution < -0.4 is 10.1 Å². The first-order valence-corrected chi connectivity index (χ1v) is 11.2. The van der Waals surface area contributed by atoms with Gasteiger partial charge in [-0.3, -0.25) is 9.59 Å². The average molecular weight is 465 g/mol. The molecule has 0 aliphatic carbocycles. The van der Waals surface area contributed by atoms with Crippen LogP contribution >= 0.6 is 0 Å². The molecule has 1 saturated heterocycles. The molecule has 0 radical (unpaired) electrons. The molecule has 1 heterocycles. The van der Waals surface area contributed by atoms with E-state index >= 15 is 0 Å². The third kappa shape index (κ3) is 5.25. The standard InChI is InChI=1S/C27H26F2N2O3/c28-23-12-11-20(17-24(23)29)18-30-26(33)27(21-7-3-1-4-8-21)13-15-31(16-14-27)25(32)19-34-22-9-5-2-6-10-22/h1-12,17H,13-16,18-19H2,(H,30,33). The number of para-hydroxylation sites is 1. The van der Waals surface area contributed by atoms with E-state index < -0.39 is 17.0 Å². The summed E-state index contributed by atoms with van der Waals surface area (Å²) < 4.78 is 32.4. The monoisotopic (exact) mass is 464 g/mol. The molecule has 1 N–H and O–H groups in total. The fourth-order valence-corrected chi connectivity index (χ4v) is 4.30. The molecule has 0 unspecified atom stereocenters. The molecular formula is C27H26F2N2O3. The van der Waals surface area contributed by atoms with Crippen LogP contribution in [0.2, 0.25) is 0 Å². The fraction of sp³-hybridized carbons (Fsp3) is 0.259. The number of piperidine rings is 1. The van der Waals surface area contributed by atoms with Crippen molar-refractivity contribution in [1.29, 1.82) is 0 Å². The van der Waals surface area contributed by atoms with Crippen molar-refractivity contribution in [1.82, 2.24) is 10.2 Å². The van der Waals surface area contributed by atoms with Crippen molar-refractivity contribution in [2.75, 3.05) is 19.7 Å². The maximum atomic E-state index is 13.6. The molecule has 34 heavy (non-hydrogen) atoms. The van der Waals surface area contributed by atoms with Crippen molar-refractivity contribution in [2.45, 2.75) is 24.8 Å². The number of halogens is 2. The quantitative estimate of drug-likeness (QED) is 0.570. The Morgan fingerprint density at radius 3 is 2.18 bits per heavy atom. The van der Waals surface area contributed by atoms with E-state index in [-0.39, 0.29) is 25.0 Å². The topological polar surface area (TPSA) is 58.6 Å². The number of hydrogen-bond acceptors (Lipinski definition) is 3. The number of ether oxygens (including phenoxy) is 1. The summed E-state index contributed by atoms with van der Waals surface area (Å²) in [7, 11) is 0. The van der Waals surface area contributed by atoms with E-state index in [1.54, 1.807) is 17.0 Å². The molecule has 0 saturated carbocycles. The Bertz CT molecular complexity index is 1130. The molecule has 5 nitrogen and oxygen atoms in total. The van der Waals surface area contributed by atoms with Gasteiger partial charge in [-0.2, -0.15) is 0 Å². The van der Waals surface area contributed by atoms with Crippen LogP contribution in [-0.2, 0) is 21.5 Å². The zero-order valence-corrected chi connectivity index (χ0v) is 18.7. The van der Waals surface area contributed by atoms with Gasteiger partial charge in [0.25, 0.3) is 5.91 Å². The third-order valence-electron chi connectivity index (χ3n) is 6.27. The molecule has 1 aliphatic heterocycles. The maximum absolute atomic E-state index is 13.6. The first kappa shape index (κ1) is 23.4. The Morgan fingerprint density at radius 1 is 0.882 bits per heavy atom. The fourth-order valence-electron chi connectivity index (χ4n) is 4.30. The summed E-state index contributed by atoms with van der Waals surface area (Å²) in [6, 6.07) is 22.2. The summed E-state index contributed by atoms with van der Waals surface area (Å²) in [4.78, 5) is 27.8. The zero-order valence-electron chi connectivity index (χ0n) is 18.7. The average Bonchev–Trinajstić information content (AvgIpc) is 2.89. The van der Waals surface area contributed by atoms with Gasteiger partial charge in [0.05, 0.1) is 5.41 Å². The largest absolute Gasteiger partial charge is 0.484 e. The summed E-state index contributed by atoms with van der Waals surface area (Å²) in [6.45, 7) is 0.831. The molecule has 4 rings (SSSR count). The van der Waals surface area contributed by atoms with Crippen molar-refractivity contribution in [3.05, 3.63) is 102 Å². The summed E-state index contributed by atoms with van der Waals surface area (Å²) in [5, 5.41) is 2.89. The molecule has 3 aromatic rings. The molecule has 176 valence electrons. The van der Waals surface area contributed by atoms with Crippen LogP contribution in [0, 0.1) is 11.6 Å². The SMILES string of the molecule is O=C(COc1ccccc1)N1CCC(C(=O)NCc2ccc(F)c(F)c2)(c2ccccc2)CC1. The smallest absolute Gasteiger partial charge is 0.260 e. The number of benzene rings is 3. The Hall–Kier alpha value is -3.74. The van der Waals surface area contributed by atoms with Crippen LogP contribution in [0.5, 0.6) is 5.75 Å². The second kappa shape index (κ2) is 10.5. The number of nitrogens with one attached hydrogen (secondary N) is 1. The molecular weight excluding hydrogens is 438 g/mol. The van der Waals surface area contributed by atoms with Crippen LogP contribution in [0.1, 0.15) is 24.0 Å². The van der Waals surface area contributed by atoms with E-state index in [1.165, 1.54) is 6.07 Å². The van der Waals surface area contributed by atoms with Crippen molar-refractivity contribution < 1.29 is 23.1 Å². The zero-order chi connectivity index (χ0) is 24.0. The van der Waals surface area contributed by atoms with Crippen LogP contribution in [0.15, 0.2) is 78.9 Å². The number of amides is 2. The number of carbonyl (C=O) groups excluding carboxylic acids is 2. The lowest BCUT2D eigenvalue weighted by atomic mass is 9.72. The van der Waals surface area contributed by atoms with Crippen molar-refractivity contribution in [3.63, 3.8) is 0 Å². The van der Waals surface area contributed by atoms with Gasteiger partial charge in [0.1, 0.15) is 5.75 Å². The minimum atomic E-state index is -0.950. The second-order valence-electron chi connectivity index (χ2n) is 8.36. The van der Waals surface area contributed by atoms with Gasteiger partial charge >= 0.3 is 0 Å². The molecule has 0 atom stereocenters. The number of carbonyl (C=O) groups is 2. The van der Waals surface area contributed by atoms with Gasteiger partial charge in [0, 0.05) is 19.6 Å². The molecule has 1 fully saturated rings. The Balaban J connectivity index is 1.43. The van der Waals surface area contributed by atoms with Crippen molar-refractivity contribution in [2.24, 2.45) is 0 Å². The normalized spacial score (nSPS) is 14.9. The lowest BCUT2D eigenvalue weighted by Gasteiger charge is -2.41. The highest BCUT2D eigenvalue weighted by molar-refractivity contribution is 5.89. The Labute approximate surface area is 197 Å². The van der Waals surface area contributed by atoms with Gasteiger partial charge in [0.2, 0.25) is 5.91 Å².